The highest BCUT2D eigenvalue weighted by Gasteiger charge is 2.09. The number of hydrogen-bond acceptors (Lipinski definition) is 5. The molecule has 0 aliphatic carbocycles. The van der Waals surface area contributed by atoms with Gasteiger partial charge in [-0.1, -0.05) is 0 Å². The molecule has 0 saturated carbocycles. The first kappa shape index (κ1) is 5.91. The summed E-state index contributed by atoms with van der Waals surface area (Å²) >= 11 is 1.71. The van der Waals surface area contributed by atoms with Crippen LogP contribution < -0.4 is 5.32 Å². The second-order valence-electron chi connectivity index (χ2n) is 1.93. The maximum absolute atomic E-state index is 3.86. The van der Waals surface area contributed by atoms with Crippen LogP contribution in [0.4, 0.5) is 5.69 Å². The molecule has 0 amide bonds. The first-order valence-electron chi connectivity index (χ1n) is 3.02. The fourth-order valence-corrected chi connectivity index (χ4v) is 1.59. The minimum atomic E-state index is 0.959. The molecule has 0 unspecified atom stereocenters. The highest BCUT2D eigenvalue weighted by Crippen LogP contribution is 2.25. The molecule has 10 heavy (non-hydrogen) atoms. The van der Waals surface area contributed by atoms with Gasteiger partial charge in [0, 0.05) is 12.3 Å². The highest BCUT2D eigenvalue weighted by atomic mass is 32.2. The molecular formula is C5H6N4S. The van der Waals surface area contributed by atoms with Crippen molar-refractivity contribution in [2.45, 2.75) is 5.03 Å². The molecule has 0 atom stereocenters. The number of hydrogen-bond donors (Lipinski definition) is 1. The van der Waals surface area contributed by atoms with E-state index in [0.717, 1.165) is 23.0 Å². The van der Waals surface area contributed by atoms with Gasteiger partial charge in [-0.3, -0.25) is 0 Å². The van der Waals surface area contributed by atoms with E-state index in [9.17, 15) is 0 Å². The van der Waals surface area contributed by atoms with E-state index in [1.807, 2.05) is 0 Å². The zero-order valence-corrected chi connectivity index (χ0v) is 6.06. The molecule has 2 rings (SSSR count). The van der Waals surface area contributed by atoms with E-state index in [4.69, 9.17) is 0 Å². The Hall–Kier alpha value is -0.840. The quantitative estimate of drug-likeness (QED) is 0.585. The molecule has 0 bridgehead atoms. The first-order chi connectivity index (χ1) is 4.97. The first-order valence-corrected chi connectivity index (χ1v) is 4.00. The van der Waals surface area contributed by atoms with Gasteiger partial charge in [0.15, 0.2) is 0 Å². The lowest BCUT2D eigenvalue weighted by Gasteiger charge is -2.13. The van der Waals surface area contributed by atoms with Crippen LogP contribution in [-0.4, -0.2) is 27.7 Å². The van der Waals surface area contributed by atoms with Crippen molar-refractivity contribution in [2.24, 2.45) is 0 Å². The Bertz CT molecular complexity index is 214. The summed E-state index contributed by atoms with van der Waals surface area (Å²) in [6.45, 7) is 0.991. The van der Waals surface area contributed by atoms with Gasteiger partial charge in [-0.2, -0.15) is 0 Å². The summed E-state index contributed by atoms with van der Waals surface area (Å²) in [6.07, 6.45) is 1.70. The van der Waals surface area contributed by atoms with Crippen molar-refractivity contribution in [3.8, 4) is 0 Å². The van der Waals surface area contributed by atoms with Crippen molar-refractivity contribution in [3.05, 3.63) is 6.20 Å². The SMILES string of the molecule is c1nnnc2c1NCCS2. The number of nitrogens with one attached hydrogen (secondary N) is 1. The van der Waals surface area contributed by atoms with Gasteiger partial charge < -0.3 is 5.32 Å². The molecule has 1 aromatic heterocycles. The number of thioether (sulfide) groups is 1. The van der Waals surface area contributed by atoms with Crippen molar-refractivity contribution in [2.75, 3.05) is 17.6 Å². The molecule has 4 nitrogen and oxygen atoms in total. The molecule has 0 fully saturated rings. The average molecular weight is 154 g/mol. The molecule has 0 spiro atoms. The summed E-state index contributed by atoms with van der Waals surface area (Å²) in [5.74, 6) is 1.06. The molecule has 1 aromatic rings. The standard InChI is InChI=1S/C5H6N4S/c1-2-10-5-4(6-1)3-7-9-8-5/h3,6H,1-2H2. The van der Waals surface area contributed by atoms with Crippen molar-refractivity contribution in [1.29, 1.82) is 0 Å². The van der Waals surface area contributed by atoms with Crippen LogP contribution in [0, 0.1) is 0 Å². The van der Waals surface area contributed by atoms with E-state index in [2.05, 4.69) is 20.7 Å². The van der Waals surface area contributed by atoms with E-state index in [0.29, 0.717) is 0 Å². The van der Waals surface area contributed by atoms with Crippen LogP contribution in [0.1, 0.15) is 0 Å². The lowest BCUT2D eigenvalue weighted by molar-refractivity contribution is 0.800. The van der Waals surface area contributed by atoms with E-state index in [1.165, 1.54) is 0 Å². The number of anilines is 1. The van der Waals surface area contributed by atoms with E-state index >= 15 is 0 Å². The Kier molecular flexibility index (Phi) is 1.43. The minimum absolute atomic E-state index is 0.959. The molecule has 0 radical (unpaired) electrons. The third-order valence-corrected chi connectivity index (χ3v) is 2.24. The van der Waals surface area contributed by atoms with Crippen molar-refractivity contribution in [3.63, 3.8) is 0 Å². The van der Waals surface area contributed by atoms with E-state index < -0.39 is 0 Å². The summed E-state index contributed by atoms with van der Waals surface area (Å²) < 4.78 is 0. The Labute approximate surface area is 62.4 Å². The number of nitrogens with zero attached hydrogens (tertiary/aromatic N) is 3. The van der Waals surface area contributed by atoms with Gasteiger partial charge in [-0.05, 0) is 5.21 Å². The second kappa shape index (κ2) is 2.42. The van der Waals surface area contributed by atoms with Crippen molar-refractivity contribution in [1.82, 2.24) is 15.4 Å². The smallest absolute Gasteiger partial charge is 0.145 e. The van der Waals surface area contributed by atoms with Crippen LogP contribution >= 0.6 is 11.8 Å². The fraction of sp³-hybridized carbons (Fsp3) is 0.400. The Morgan fingerprint density at radius 1 is 1.60 bits per heavy atom. The van der Waals surface area contributed by atoms with Gasteiger partial charge in [0.05, 0.1) is 11.9 Å². The lowest BCUT2D eigenvalue weighted by Crippen LogP contribution is -2.12. The van der Waals surface area contributed by atoms with Crippen LogP contribution in [0.25, 0.3) is 0 Å². The summed E-state index contributed by atoms with van der Waals surface area (Å²) in [5.41, 5.74) is 1.01. The molecule has 0 aromatic carbocycles. The predicted octanol–water partition coefficient (Wildman–Crippen LogP) is 0.389. The van der Waals surface area contributed by atoms with Crippen LogP contribution in [0.15, 0.2) is 11.2 Å². The molecule has 5 heteroatoms. The molecule has 1 aliphatic rings. The Balaban J connectivity index is 2.41. The summed E-state index contributed by atoms with van der Waals surface area (Å²) in [4.78, 5) is 0. The lowest BCUT2D eigenvalue weighted by atomic mass is 10.5. The summed E-state index contributed by atoms with van der Waals surface area (Å²) in [6, 6.07) is 0. The number of rotatable bonds is 0. The largest absolute Gasteiger partial charge is 0.381 e. The van der Waals surface area contributed by atoms with Crippen LogP contribution in [-0.2, 0) is 0 Å². The minimum Gasteiger partial charge on any atom is -0.381 e. The fourth-order valence-electron chi connectivity index (χ4n) is 0.820. The zero-order valence-electron chi connectivity index (χ0n) is 5.24. The number of fused-ring (bicyclic) bond motifs is 1. The Morgan fingerprint density at radius 2 is 2.60 bits per heavy atom. The van der Waals surface area contributed by atoms with Crippen LogP contribution in [0.2, 0.25) is 0 Å². The van der Waals surface area contributed by atoms with Gasteiger partial charge in [0.25, 0.3) is 0 Å². The predicted molar refractivity (Wildman–Crippen MR) is 39.0 cm³/mol. The van der Waals surface area contributed by atoms with Crippen LogP contribution in [0.3, 0.4) is 0 Å². The van der Waals surface area contributed by atoms with Gasteiger partial charge in [0.2, 0.25) is 0 Å². The molecule has 0 saturated heterocycles. The molecular weight excluding hydrogens is 148 g/mol. The van der Waals surface area contributed by atoms with Crippen LogP contribution in [0.5, 0.6) is 0 Å². The maximum atomic E-state index is 3.86. The molecule has 52 valence electrons. The van der Waals surface area contributed by atoms with Gasteiger partial charge in [0.1, 0.15) is 5.03 Å². The summed E-state index contributed by atoms with van der Waals surface area (Å²) in [5, 5.41) is 15.2. The zero-order chi connectivity index (χ0) is 6.81. The van der Waals surface area contributed by atoms with Gasteiger partial charge in [-0.15, -0.1) is 22.0 Å². The molecule has 1 aliphatic heterocycles. The van der Waals surface area contributed by atoms with Crippen molar-refractivity contribution >= 4 is 17.4 Å². The van der Waals surface area contributed by atoms with Gasteiger partial charge >= 0.3 is 0 Å². The van der Waals surface area contributed by atoms with E-state index in [-0.39, 0.29) is 0 Å². The second-order valence-corrected chi connectivity index (χ2v) is 3.01. The Morgan fingerprint density at radius 3 is 3.50 bits per heavy atom. The van der Waals surface area contributed by atoms with Crippen molar-refractivity contribution < 1.29 is 0 Å². The normalized spacial score (nSPS) is 15.6. The highest BCUT2D eigenvalue weighted by molar-refractivity contribution is 7.99. The third kappa shape index (κ3) is 0.923. The maximum Gasteiger partial charge on any atom is 0.145 e. The third-order valence-electron chi connectivity index (χ3n) is 1.26. The molecule has 1 N–H and O–H groups in total. The number of aromatic nitrogens is 3. The molecule has 2 heterocycles. The topological polar surface area (TPSA) is 50.7 Å². The van der Waals surface area contributed by atoms with E-state index in [1.54, 1.807) is 18.0 Å². The monoisotopic (exact) mass is 154 g/mol. The van der Waals surface area contributed by atoms with Gasteiger partial charge in [-0.25, -0.2) is 0 Å². The average Bonchev–Trinajstić information content (AvgIpc) is 2.05. The summed E-state index contributed by atoms with van der Waals surface area (Å²) in [7, 11) is 0.